The standard InChI is InChI=1S/C31H34O6S/c1-21-15-23(16-22(2)31(21)34)17-25(24-9-5-3-6-10-24)13-14-28(33)30-26(20-38(35,36)29(30)18-32)19-37-27-11-7-4-8-12-27/h3-12,15-17,28-29,32-34H,13-14,18-20H2,1-2H3/b25-17-/t28-,29+/m1/s1. The zero-order valence-electron chi connectivity index (χ0n) is 21.7. The highest BCUT2D eigenvalue weighted by atomic mass is 32.2. The van der Waals surface area contributed by atoms with Gasteiger partial charge in [-0.15, -0.1) is 0 Å². The van der Waals surface area contributed by atoms with E-state index in [1.54, 1.807) is 12.1 Å². The molecule has 0 radical (unpaired) electrons. The van der Waals surface area contributed by atoms with E-state index in [2.05, 4.69) is 0 Å². The molecule has 7 heteroatoms. The molecule has 3 aromatic carbocycles. The van der Waals surface area contributed by atoms with Crippen LogP contribution >= 0.6 is 0 Å². The van der Waals surface area contributed by atoms with Gasteiger partial charge in [-0.2, -0.15) is 0 Å². The van der Waals surface area contributed by atoms with Crippen LogP contribution in [0.2, 0.25) is 0 Å². The minimum absolute atomic E-state index is 0.0274. The molecule has 0 amide bonds. The van der Waals surface area contributed by atoms with Crippen LogP contribution in [0.5, 0.6) is 11.5 Å². The van der Waals surface area contributed by atoms with Crippen molar-refractivity contribution >= 4 is 21.5 Å². The zero-order valence-corrected chi connectivity index (χ0v) is 22.5. The summed E-state index contributed by atoms with van der Waals surface area (Å²) < 4.78 is 31.5. The van der Waals surface area contributed by atoms with Crippen molar-refractivity contribution in [3.05, 3.63) is 106 Å². The van der Waals surface area contributed by atoms with Crippen molar-refractivity contribution < 1.29 is 28.5 Å². The first kappa shape index (κ1) is 27.6. The largest absolute Gasteiger partial charge is 0.507 e. The summed E-state index contributed by atoms with van der Waals surface area (Å²) >= 11 is 0. The van der Waals surface area contributed by atoms with E-state index in [-0.39, 0.29) is 24.5 Å². The lowest BCUT2D eigenvalue weighted by molar-refractivity contribution is 0.188. The molecule has 0 saturated carbocycles. The second-order valence-corrected chi connectivity index (χ2v) is 11.9. The minimum Gasteiger partial charge on any atom is -0.507 e. The molecule has 1 heterocycles. The monoisotopic (exact) mass is 534 g/mol. The van der Waals surface area contributed by atoms with Gasteiger partial charge in [0.1, 0.15) is 23.4 Å². The van der Waals surface area contributed by atoms with Crippen LogP contribution in [0.1, 0.15) is 35.1 Å². The highest BCUT2D eigenvalue weighted by molar-refractivity contribution is 7.92. The van der Waals surface area contributed by atoms with E-state index >= 15 is 0 Å². The molecule has 38 heavy (non-hydrogen) atoms. The third-order valence-electron chi connectivity index (χ3n) is 6.93. The molecule has 0 saturated heterocycles. The van der Waals surface area contributed by atoms with Crippen molar-refractivity contribution in [2.24, 2.45) is 0 Å². The molecule has 3 N–H and O–H groups in total. The third kappa shape index (κ3) is 6.35. The predicted octanol–water partition coefficient (Wildman–Crippen LogP) is 4.86. The van der Waals surface area contributed by atoms with Crippen molar-refractivity contribution in [1.82, 2.24) is 0 Å². The summed E-state index contributed by atoms with van der Waals surface area (Å²) in [5, 5.41) is 30.3. The molecule has 0 unspecified atom stereocenters. The molecule has 1 aliphatic rings. The molecule has 0 aromatic heterocycles. The number of aliphatic hydroxyl groups is 2. The smallest absolute Gasteiger partial charge is 0.163 e. The summed E-state index contributed by atoms with van der Waals surface area (Å²) in [5.74, 6) is 0.631. The van der Waals surface area contributed by atoms with E-state index in [1.165, 1.54) is 0 Å². The number of hydrogen-bond acceptors (Lipinski definition) is 6. The Kier molecular flexibility index (Phi) is 8.72. The molecule has 0 fully saturated rings. The van der Waals surface area contributed by atoms with Gasteiger partial charge in [-0.1, -0.05) is 54.6 Å². The first-order valence-corrected chi connectivity index (χ1v) is 14.4. The summed E-state index contributed by atoms with van der Waals surface area (Å²) in [5.41, 5.74) is 5.28. The van der Waals surface area contributed by atoms with Crippen molar-refractivity contribution in [3.8, 4) is 11.5 Å². The van der Waals surface area contributed by atoms with Crippen molar-refractivity contribution in [2.45, 2.75) is 38.0 Å². The maximum absolute atomic E-state index is 12.8. The van der Waals surface area contributed by atoms with Gasteiger partial charge in [0.25, 0.3) is 0 Å². The summed E-state index contributed by atoms with van der Waals surface area (Å²) in [4.78, 5) is 0. The first-order chi connectivity index (χ1) is 18.2. The van der Waals surface area contributed by atoms with Gasteiger partial charge in [-0.05, 0) is 89.9 Å². The average molecular weight is 535 g/mol. The van der Waals surface area contributed by atoms with Gasteiger partial charge in [-0.3, -0.25) is 0 Å². The Hall–Kier alpha value is -3.39. The molecule has 2 atom stereocenters. The average Bonchev–Trinajstić information content (AvgIpc) is 3.18. The molecule has 200 valence electrons. The molecule has 6 nitrogen and oxygen atoms in total. The van der Waals surface area contributed by atoms with Crippen molar-refractivity contribution in [2.75, 3.05) is 19.0 Å². The Bertz CT molecular complexity index is 1400. The quantitative estimate of drug-likeness (QED) is 0.254. The Labute approximate surface area is 224 Å². The molecule has 0 aliphatic carbocycles. The number of aliphatic hydroxyl groups excluding tert-OH is 2. The lowest BCUT2D eigenvalue weighted by Gasteiger charge is -2.20. The summed E-state index contributed by atoms with van der Waals surface area (Å²) in [6.45, 7) is 3.15. The number of allylic oxidation sites excluding steroid dienone is 1. The highest BCUT2D eigenvalue weighted by Gasteiger charge is 2.41. The van der Waals surface area contributed by atoms with E-state index < -0.39 is 27.8 Å². The summed E-state index contributed by atoms with van der Waals surface area (Å²) in [7, 11) is -3.64. The topological polar surface area (TPSA) is 104 Å². The predicted molar refractivity (Wildman–Crippen MR) is 151 cm³/mol. The normalized spacial score (nSPS) is 18.0. The van der Waals surface area contributed by atoms with Gasteiger partial charge in [0.2, 0.25) is 0 Å². The number of para-hydroxylation sites is 1. The zero-order chi connectivity index (χ0) is 27.3. The summed E-state index contributed by atoms with van der Waals surface area (Å²) in [6.07, 6.45) is 1.71. The van der Waals surface area contributed by atoms with E-state index in [9.17, 15) is 23.7 Å². The second-order valence-electron chi connectivity index (χ2n) is 9.73. The van der Waals surface area contributed by atoms with Gasteiger partial charge >= 0.3 is 0 Å². The fourth-order valence-electron chi connectivity index (χ4n) is 5.00. The molecule has 3 aromatic rings. The van der Waals surface area contributed by atoms with Crippen LogP contribution in [0.25, 0.3) is 11.6 Å². The number of aryl methyl sites for hydroxylation is 2. The van der Waals surface area contributed by atoms with Gasteiger partial charge in [0.05, 0.1) is 18.5 Å². The Morgan fingerprint density at radius 2 is 1.63 bits per heavy atom. The number of benzene rings is 3. The van der Waals surface area contributed by atoms with Crippen molar-refractivity contribution in [3.63, 3.8) is 0 Å². The maximum Gasteiger partial charge on any atom is 0.163 e. The number of phenols is 1. The second kappa shape index (κ2) is 12.0. The van der Waals surface area contributed by atoms with E-state index in [0.29, 0.717) is 23.3 Å². The maximum atomic E-state index is 12.8. The van der Waals surface area contributed by atoms with E-state index in [1.807, 2.05) is 80.6 Å². The first-order valence-electron chi connectivity index (χ1n) is 12.7. The lowest BCUT2D eigenvalue weighted by Crippen LogP contribution is -2.29. The molecular weight excluding hydrogens is 500 g/mol. The minimum atomic E-state index is -3.64. The fourth-order valence-corrected chi connectivity index (χ4v) is 6.87. The van der Waals surface area contributed by atoms with Crippen LogP contribution in [0, 0.1) is 13.8 Å². The van der Waals surface area contributed by atoms with Gasteiger partial charge in [-0.25, -0.2) is 8.42 Å². The molecule has 0 spiro atoms. The molecule has 4 rings (SSSR count). The van der Waals surface area contributed by atoms with Crippen LogP contribution in [-0.4, -0.2) is 54.1 Å². The number of aromatic hydroxyl groups is 1. The van der Waals surface area contributed by atoms with Crippen LogP contribution < -0.4 is 4.74 Å². The number of ether oxygens (including phenoxy) is 1. The summed E-state index contributed by atoms with van der Waals surface area (Å²) in [6, 6.07) is 22.7. The lowest BCUT2D eigenvalue weighted by atomic mass is 9.92. The Morgan fingerprint density at radius 1 is 1.03 bits per heavy atom. The molecular formula is C31H34O6S. The number of sulfone groups is 1. The Balaban J connectivity index is 1.61. The van der Waals surface area contributed by atoms with E-state index in [4.69, 9.17) is 4.74 Å². The fraction of sp³-hybridized carbons (Fsp3) is 0.290. The number of phenolic OH excluding ortho intramolecular Hbond substituents is 1. The van der Waals surface area contributed by atoms with Crippen LogP contribution in [0.4, 0.5) is 0 Å². The van der Waals surface area contributed by atoms with Crippen LogP contribution in [-0.2, 0) is 9.84 Å². The van der Waals surface area contributed by atoms with E-state index in [0.717, 1.165) is 27.8 Å². The highest BCUT2D eigenvalue weighted by Crippen LogP contribution is 2.34. The number of hydrogen-bond donors (Lipinski definition) is 3. The molecule has 0 bridgehead atoms. The molecule has 1 aliphatic heterocycles. The van der Waals surface area contributed by atoms with Crippen LogP contribution in [0.15, 0.2) is 83.9 Å². The van der Waals surface area contributed by atoms with Gasteiger partial charge < -0.3 is 20.1 Å². The number of rotatable bonds is 10. The van der Waals surface area contributed by atoms with Crippen molar-refractivity contribution in [1.29, 1.82) is 0 Å². The third-order valence-corrected chi connectivity index (χ3v) is 8.95. The van der Waals surface area contributed by atoms with Gasteiger partial charge in [0.15, 0.2) is 9.84 Å². The van der Waals surface area contributed by atoms with Crippen LogP contribution in [0.3, 0.4) is 0 Å². The van der Waals surface area contributed by atoms with Gasteiger partial charge in [0, 0.05) is 0 Å². The Morgan fingerprint density at radius 3 is 2.24 bits per heavy atom. The SMILES string of the molecule is Cc1cc(/C=C(/CC[C@@H](O)C2=C(COc3ccccc3)CS(=O)(=O)[C@H]2CO)c2ccccc2)cc(C)c1O.